The Morgan fingerprint density at radius 2 is 1.56 bits per heavy atom. The Morgan fingerprint density at radius 3 is 2.07 bits per heavy atom. The van der Waals surface area contributed by atoms with Crippen LogP contribution in [0.25, 0.3) is 0 Å². The van der Waals surface area contributed by atoms with E-state index in [1.54, 1.807) is 33.3 Å². The molecular formula is C21H27NO5. The van der Waals surface area contributed by atoms with Gasteiger partial charge in [0, 0.05) is 13.6 Å². The number of rotatable bonds is 9. The Bertz CT molecular complexity index is 733. The second-order valence-electron chi connectivity index (χ2n) is 6.20. The van der Waals surface area contributed by atoms with Crippen molar-refractivity contribution in [3.8, 4) is 23.0 Å². The van der Waals surface area contributed by atoms with Gasteiger partial charge in [0.05, 0.1) is 21.3 Å². The third-order valence-electron chi connectivity index (χ3n) is 4.27. The van der Waals surface area contributed by atoms with Gasteiger partial charge in [-0.15, -0.1) is 0 Å². The van der Waals surface area contributed by atoms with Crippen molar-refractivity contribution in [1.82, 2.24) is 4.90 Å². The molecule has 0 aliphatic carbocycles. The maximum absolute atomic E-state index is 12.3. The van der Waals surface area contributed by atoms with E-state index in [2.05, 4.69) is 0 Å². The minimum absolute atomic E-state index is 0.00875. The molecule has 0 unspecified atom stereocenters. The van der Waals surface area contributed by atoms with Gasteiger partial charge in [-0.1, -0.05) is 17.7 Å². The van der Waals surface area contributed by atoms with Gasteiger partial charge in [-0.3, -0.25) is 4.79 Å². The highest BCUT2D eigenvalue weighted by molar-refractivity contribution is 5.77. The number of carbonyl (C=O) groups excluding carboxylic acids is 1. The summed E-state index contributed by atoms with van der Waals surface area (Å²) in [4.78, 5) is 13.9. The molecule has 0 aliphatic heterocycles. The molecule has 0 aromatic heterocycles. The Hall–Kier alpha value is -2.89. The van der Waals surface area contributed by atoms with Crippen molar-refractivity contribution < 1.29 is 23.7 Å². The quantitative estimate of drug-likeness (QED) is 0.676. The van der Waals surface area contributed by atoms with E-state index in [0.717, 1.165) is 11.1 Å². The molecule has 0 bridgehead atoms. The molecule has 0 heterocycles. The topological polar surface area (TPSA) is 57.2 Å². The van der Waals surface area contributed by atoms with E-state index >= 15 is 0 Å². The summed E-state index contributed by atoms with van der Waals surface area (Å²) in [7, 11) is 6.50. The summed E-state index contributed by atoms with van der Waals surface area (Å²) in [5, 5.41) is 0. The van der Waals surface area contributed by atoms with E-state index in [0.29, 0.717) is 36.0 Å². The number of amides is 1. The standard InChI is InChI=1S/C21H27NO5/c1-15-6-8-17(9-7-15)27-14-20(23)22(2)11-10-16-12-18(24-3)21(26-5)19(13-16)25-4/h6-9,12-13H,10-11,14H2,1-5H3. The third-order valence-corrected chi connectivity index (χ3v) is 4.27. The van der Waals surface area contributed by atoms with Crippen LogP contribution in [0.4, 0.5) is 0 Å². The molecule has 27 heavy (non-hydrogen) atoms. The monoisotopic (exact) mass is 373 g/mol. The molecule has 0 saturated heterocycles. The largest absolute Gasteiger partial charge is 0.493 e. The molecule has 0 saturated carbocycles. The van der Waals surface area contributed by atoms with Gasteiger partial charge >= 0.3 is 0 Å². The van der Waals surface area contributed by atoms with Gasteiger partial charge in [0.1, 0.15) is 5.75 Å². The van der Waals surface area contributed by atoms with Crippen molar-refractivity contribution in [2.24, 2.45) is 0 Å². The second kappa shape index (κ2) is 9.71. The van der Waals surface area contributed by atoms with Crippen LogP contribution >= 0.6 is 0 Å². The average Bonchev–Trinajstić information content (AvgIpc) is 2.70. The number of ether oxygens (including phenoxy) is 4. The average molecular weight is 373 g/mol. The normalized spacial score (nSPS) is 10.3. The number of methoxy groups -OCH3 is 3. The van der Waals surface area contributed by atoms with E-state index < -0.39 is 0 Å². The maximum Gasteiger partial charge on any atom is 0.260 e. The number of benzene rings is 2. The Morgan fingerprint density at radius 1 is 0.963 bits per heavy atom. The van der Waals surface area contributed by atoms with Crippen molar-refractivity contribution in [3.05, 3.63) is 47.5 Å². The highest BCUT2D eigenvalue weighted by atomic mass is 16.5. The van der Waals surface area contributed by atoms with Gasteiger partial charge in [-0.25, -0.2) is 0 Å². The molecule has 0 spiro atoms. The van der Waals surface area contributed by atoms with Crippen molar-refractivity contribution in [2.45, 2.75) is 13.3 Å². The van der Waals surface area contributed by atoms with Crippen LogP contribution in [-0.2, 0) is 11.2 Å². The predicted molar refractivity (Wildman–Crippen MR) is 104 cm³/mol. The molecule has 146 valence electrons. The minimum atomic E-state index is -0.0805. The number of likely N-dealkylation sites (N-methyl/N-ethyl adjacent to an activating group) is 1. The number of hydrogen-bond acceptors (Lipinski definition) is 5. The predicted octanol–water partition coefficient (Wildman–Crippen LogP) is 3.10. The fraction of sp³-hybridized carbons (Fsp3) is 0.381. The van der Waals surface area contributed by atoms with Crippen LogP contribution in [0.3, 0.4) is 0 Å². The van der Waals surface area contributed by atoms with Crippen molar-refractivity contribution in [2.75, 3.05) is 41.5 Å². The Balaban J connectivity index is 1.93. The first-order valence-corrected chi connectivity index (χ1v) is 8.70. The van der Waals surface area contributed by atoms with Crippen molar-refractivity contribution in [1.29, 1.82) is 0 Å². The smallest absolute Gasteiger partial charge is 0.260 e. The zero-order valence-corrected chi connectivity index (χ0v) is 16.6. The highest BCUT2D eigenvalue weighted by Gasteiger charge is 2.15. The first-order valence-electron chi connectivity index (χ1n) is 8.70. The lowest BCUT2D eigenvalue weighted by Crippen LogP contribution is -2.33. The van der Waals surface area contributed by atoms with Gasteiger partial charge in [0.2, 0.25) is 5.75 Å². The summed E-state index contributed by atoms with van der Waals surface area (Å²) in [6.07, 6.45) is 0.656. The SMILES string of the molecule is COc1cc(CCN(C)C(=O)COc2ccc(C)cc2)cc(OC)c1OC. The van der Waals surface area contributed by atoms with Gasteiger partial charge < -0.3 is 23.8 Å². The number of hydrogen-bond donors (Lipinski definition) is 0. The molecule has 2 aromatic carbocycles. The molecule has 1 amide bonds. The molecule has 6 nitrogen and oxygen atoms in total. The van der Waals surface area contributed by atoms with Crippen molar-refractivity contribution >= 4 is 5.91 Å². The maximum atomic E-state index is 12.3. The van der Waals surface area contributed by atoms with Crippen LogP contribution in [0.15, 0.2) is 36.4 Å². The van der Waals surface area contributed by atoms with Crippen LogP contribution in [-0.4, -0.2) is 52.3 Å². The molecular weight excluding hydrogens is 346 g/mol. The molecule has 0 N–H and O–H groups in total. The molecule has 0 aliphatic rings. The molecule has 0 fully saturated rings. The lowest BCUT2D eigenvalue weighted by Gasteiger charge is -2.19. The van der Waals surface area contributed by atoms with Gasteiger partial charge in [0.25, 0.3) is 5.91 Å². The van der Waals surface area contributed by atoms with E-state index in [9.17, 15) is 4.79 Å². The minimum Gasteiger partial charge on any atom is -0.493 e. The summed E-state index contributed by atoms with van der Waals surface area (Å²) in [6, 6.07) is 11.4. The highest BCUT2D eigenvalue weighted by Crippen LogP contribution is 2.38. The Kier molecular flexibility index (Phi) is 7.34. The summed E-state index contributed by atoms with van der Waals surface area (Å²) in [6.45, 7) is 2.56. The van der Waals surface area contributed by atoms with E-state index in [1.807, 2.05) is 43.3 Å². The molecule has 6 heteroatoms. The number of carbonyl (C=O) groups is 1. The molecule has 0 atom stereocenters. The fourth-order valence-electron chi connectivity index (χ4n) is 2.59. The van der Waals surface area contributed by atoms with Gasteiger partial charge in [0.15, 0.2) is 18.1 Å². The van der Waals surface area contributed by atoms with E-state index in [-0.39, 0.29) is 12.5 Å². The first kappa shape index (κ1) is 20.4. The van der Waals surface area contributed by atoms with Crippen LogP contribution in [0.1, 0.15) is 11.1 Å². The van der Waals surface area contributed by atoms with Crippen molar-refractivity contribution in [3.63, 3.8) is 0 Å². The van der Waals surface area contributed by atoms with Crippen LogP contribution in [0, 0.1) is 6.92 Å². The molecule has 2 rings (SSSR count). The third kappa shape index (κ3) is 5.54. The fourth-order valence-corrected chi connectivity index (χ4v) is 2.59. The summed E-state index contributed by atoms with van der Waals surface area (Å²) in [5.74, 6) is 2.36. The lowest BCUT2D eigenvalue weighted by atomic mass is 10.1. The molecule has 2 aromatic rings. The van der Waals surface area contributed by atoms with Gasteiger partial charge in [-0.2, -0.15) is 0 Å². The van der Waals surface area contributed by atoms with Crippen LogP contribution in [0.2, 0.25) is 0 Å². The first-order chi connectivity index (χ1) is 13.0. The summed E-state index contributed by atoms with van der Waals surface area (Å²) < 4.78 is 21.6. The summed E-state index contributed by atoms with van der Waals surface area (Å²) >= 11 is 0. The zero-order valence-electron chi connectivity index (χ0n) is 16.6. The number of nitrogens with zero attached hydrogens (tertiary/aromatic N) is 1. The molecule has 0 radical (unpaired) electrons. The van der Waals surface area contributed by atoms with Crippen LogP contribution in [0.5, 0.6) is 23.0 Å². The zero-order chi connectivity index (χ0) is 19.8. The van der Waals surface area contributed by atoms with Gasteiger partial charge in [-0.05, 0) is 43.2 Å². The van der Waals surface area contributed by atoms with E-state index in [1.165, 1.54) is 0 Å². The summed E-state index contributed by atoms with van der Waals surface area (Å²) in [5.41, 5.74) is 2.14. The second-order valence-corrected chi connectivity index (χ2v) is 6.20. The Labute approximate surface area is 160 Å². The van der Waals surface area contributed by atoms with E-state index in [4.69, 9.17) is 18.9 Å². The van der Waals surface area contributed by atoms with Crippen LogP contribution < -0.4 is 18.9 Å². The lowest BCUT2D eigenvalue weighted by molar-refractivity contribution is -0.132. The number of aryl methyl sites for hydroxylation is 1.